The van der Waals surface area contributed by atoms with E-state index in [-0.39, 0.29) is 21.0 Å². The van der Waals surface area contributed by atoms with Crippen molar-refractivity contribution in [3.63, 3.8) is 0 Å². The Balaban J connectivity index is 2.96. The molecule has 1 heterocycles. The van der Waals surface area contributed by atoms with Gasteiger partial charge in [-0.05, 0) is 24.4 Å². The molecule has 2 rings (SSSR count). The molecule has 1 aromatic heterocycles. The lowest BCUT2D eigenvalue weighted by atomic mass is 10.2. The summed E-state index contributed by atoms with van der Waals surface area (Å²) in [6, 6.07) is 2.05. The van der Waals surface area contributed by atoms with Crippen molar-refractivity contribution in [1.29, 1.82) is 0 Å². The minimum Gasteiger partial charge on any atom is -0.411 e. The Morgan fingerprint density at radius 3 is 2.32 bits per heavy atom. The number of hydrogen-bond acceptors (Lipinski definition) is 5. The van der Waals surface area contributed by atoms with Crippen LogP contribution >= 0.6 is 23.8 Å². The van der Waals surface area contributed by atoms with Gasteiger partial charge < -0.3 is 5.21 Å². The van der Waals surface area contributed by atoms with E-state index in [9.17, 15) is 14.0 Å². The summed E-state index contributed by atoms with van der Waals surface area (Å²) in [5, 5.41) is 11.3. The van der Waals surface area contributed by atoms with Gasteiger partial charge in [0.15, 0.2) is 4.77 Å². The van der Waals surface area contributed by atoms with Crippen LogP contribution in [-0.2, 0) is 14.1 Å². The second-order valence-corrected chi connectivity index (χ2v) is 5.14. The third-order valence-corrected chi connectivity index (χ3v) is 3.91. The topological polar surface area (TPSA) is 81.5 Å². The van der Waals surface area contributed by atoms with Crippen LogP contribution in [0.2, 0.25) is 5.02 Å². The highest BCUT2D eigenvalue weighted by molar-refractivity contribution is 7.71. The summed E-state index contributed by atoms with van der Waals surface area (Å²) in [6.07, 6.45) is 0.961. The van der Waals surface area contributed by atoms with Crippen molar-refractivity contribution < 1.29 is 9.60 Å². The zero-order valence-corrected chi connectivity index (χ0v) is 13.0. The van der Waals surface area contributed by atoms with Crippen molar-refractivity contribution in [3.05, 3.63) is 54.3 Å². The second kappa shape index (κ2) is 5.85. The Bertz CT molecular complexity index is 920. The van der Waals surface area contributed by atoms with Gasteiger partial charge in [0.05, 0.1) is 16.9 Å². The lowest BCUT2D eigenvalue weighted by molar-refractivity contribution is 0.322. The zero-order chi connectivity index (χ0) is 16.6. The summed E-state index contributed by atoms with van der Waals surface area (Å²) in [4.78, 5) is 24.5. The standard InChI is InChI=1S/C12H10ClFN4O3S/c1-16-10(19)18(11(20)17(2)12(16)22)9-3-6(5-15-21)7(13)4-8(9)14/h3-5,21H,1-2H3/b15-5+. The zero-order valence-electron chi connectivity index (χ0n) is 11.4. The maximum absolute atomic E-state index is 14.1. The molecular weight excluding hydrogens is 335 g/mol. The molecule has 0 atom stereocenters. The number of aromatic nitrogens is 3. The molecule has 2 aromatic rings. The van der Waals surface area contributed by atoms with E-state index >= 15 is 0 Å². The highest BCUT2D eigenvalue weighted by atomic mass is 35.5. The minimum absolute atomic E-state index is 0.00207. The lowest BCUT2D eigenvalue weighted by Crippen LogP contribution is -2.43. The highest BCUT2D eigenvalue weighted by Gasteiger charge is 2.16. The maximum Gasteiger partial charge on any atom is 0.338 e. The van der Waals surface area contributed by atoms with Crippen molar-refractivity contribution in [1.82, 2.24) is 13.7 Å². The van der Waals surface area contributed by atoms with Crippen molar-refractivity contribution in [2.75, 3.05) is 0 Å². The molecule has 0 saturated heterocycles. The molecule has 0 aliphatic carbocycles. The molecule has 22 heavy (non-hydrogen) atoms. The molecule has 0 fully saturated rings. The fourth-order valence-corrected chi connectivity index (χ4v) is 2.22. The molecule has 0 unspecified atom stereocenters. The Morgan fingerprint density at radius 1 is 1.27 bits per heavy atom. The summed E-state index contributed by atoms with van der Waals surface area (Å²) in [7, 11) is 2.73. The Hall–Kier alpha value is -2.26. The first-order valence-electron chi connectivity index (χ1n) is 5.85. The van der Waals surface area contributed by atoms with E-state index in [0.717, 1.165) is 27.5 Å². The van der Waals surface area contributed by atoms with Gasteiger partial charge in [-0.1, -0.05) is 16.8 Å². The number of oxime groups is 1. The van der Waals surface area contributed by atoms with Gasteiger partial charge in [-0.25, -0.2) is 18.5 Å². The minimum atomic E-state index is -0.878. The van der Waals surface area contributed by atoms with Crippen molar-refractivity contribution >= 4 is 30.0 Å². The summed E-state index contributed by atoms with van der Waals surface area (Å²) in [5.74, 6) is -0.878. The highest BCUT2D eigenvalue weighted by Crippen LogP contribution is 2.21. The van der Waals surface area contributed by atoms with Crippen LogP contribution in [0.1, 0.15) is 5.56 Å². The fourth-order valence-electron chi connectivity index (χ4n) is 1.86. The van der Waals surface area contributed by atoms with Gasteiger partial charge in [-0.3, -0.25) is 9.13 Å². The van der Waals surface area contributed by atoms with E-state index in [2.05, 4.69) is 5.16 Å². The molecule has 0 spiro atoms. The molecular formula is C12H10ClFN4O3S. The first-order chi connectivity index (χ1) is 10.3. The molecule has 10 heteroatoms. The lowest BCUT2D eigenvalue weighted by Gasteiger charge is -2.12. The van der Waals surface area contributed by atoms with Crippen molar-refractivity contribution in [2.45, 2.75) is 0 Å². The molecule has 0 amide bonds. The van der Waals surface area contributed by atoms with Gasteiger partial charge >= 0.3 is 11.4 Å². The van der Waals surface area contributed by atoms with Crippen LogP contribution in [0.3, 0.4) is 0 Å². The molecule has 0 bridgehead atoms. The number of nitrogens with zero attached hydrogens (tertiary/aromatic N) is 4. The Morgan fingerprint density at radius 2 is 1.82 bits per heavy atom. The molecule has 1 N–H and O–H groups in total. The van der Waals surface area contributed by atoms with Gasteiger partial charge in [0.1, 0.15) is 5.82 Å². The molecule has 0 saturated carbocycles. The van der Waals surface area contributed by atoms with Crippen LogP contribution in [-0.4, -0.2) is 25.1 Å². The van der Waals surface area contributed by atoms with Gasteiger partial charge in [0.25, 0.3) is 0 Å². The molecule has 0 aliphatic heterocycles. The number of benzene rings is 1. The molecule has 0 aliphatic rings. The van der Waals surface area contributed by atoms with Crippen LogP contribution in [0.4, 0.5) is 4.39 Å². The predicted octanol–water partition coefficient (Wildman–Crippen LogP) is 1.20. The van der Waals surface area contributed by atoms with Gasteiger partial charge in [-0.15, -0.1) is 0 Å². The van der Waals surface area contributed by atoms with E-state index in [4.69, 9.17) is 29.0 Å². The Labute approximate surface area is 133 Å². The largest absolute Gasteiger partial charge is 0.411 e. The summed E-state index contributed by atoms with van der Waals surface area (Å²) in [5.41, 5.74) is -1.79. The second-order valence-electron chi connectivity index (χ2n) is 4.37. The molecule has 7 nitrogen and oxygen atoms in total. The number of hydrogen-bond donors (Lipinski definition) is 1. The maximum atomic E-state index is 14.1. The van der Waals surface area contributed by atoms with Gasteiger partial charge in [0, 0.05) is 19.7 Å². The van der Waals surface area contributed by atoms with Crippen molar-refractivity contribution in [2.24, 2.45) is 19.3 Å². The van der Waals surface area contributed by atoms with E-state index in [0.29, 0.717) is 4.57 Å². The van der Waals surface area contributed by atoms with Gasteiger partial charge in [-0.2, -0.15) is 0 Å². The summed E-state index contributed by atoms with van der Waals surface area (Å²) >= 11 is 10.7. The van der Waals surface area contributed by atoms with Gasteiger partial charge in [0.2, 0.25) is 0 Å². The van der Waals surface area contributed by atoms with Crippen LogP contribution in [0.15, 0.2) is 26.9 Å². The third kappa shape index (κ3) is 2.48. The first-order valence-corrected chi connectivity index (χ1v) is 6.64. The fraction of sp³-hybridized carbons (Fsp3) is 0.167. The van der Waals surface area contributed by atoms with E-state index in [1.165, 1.54) is 14.1 Å². The molecule has 116 valence electrons. The first kappa shape index (κ1) is 16.1. The average molecular weight is 345 g/mol. The van der Waals surface area contributed by atoms with E-state index < -0.39 is 17.2 Å². The van der Waals surface area contributed by atoms with E-state index in [1.54, 1.807) is 0 Å². The third-order valence-electron chi connectivity index (χ3n) is 3.03. The molecule has 0 radical (unpaired) electrons. The van der Waals surface area contributed by atoms with Crippen LogP contribution in [0.25, 0.3) is 5.69 Å². The normalized spacial score (nSPS) is 11.3. The van der Waals surface area contributed by atoms with Crippen molar-refractivity contribution in [3.8, 4) is 5.69 Å². The van der Waals surface area contributed by atoms with Crippen LogP contribution in [0.5, 0.6) is 0 Å². The van der Waals surface area contributed by atoms with Crippen LogP contribution in [0, 0.1) is 10.6 Å². The molecule has 1 aromatic carbocycles. The number of halogens is 2. The summed E-state index contributed by atoms with van der Waals surface area (Å²) in [6.45, 7) is 0. The quantitative estimate of drug-likeness (QED) is 0.384. The SMILES string of the molecule is Cn1c(=S)n(C)c(=O)n(-c2cc(/C=N/O)c(Cl)cc2F)c1=O. The average Bonchev–Trinajstić information content (AvgIpc) is 2.48. The smallest absolute Gasteiger partial charge is 0.338 e. The number of rotatable bonds is 2. The summed E-state index contributed by atoms with van der Waals surface area (Å²) < 4.78 is 16.8. The van der Waals surface area contributed by atoms with E-state index in [1.807, 2.05) is 0 Å². The monoisotopic (exact) mass is 344 g/mol. The predicted molar refractivity (Wildman–Crippen MR) is 81.4 cm³/mol. The Kier molecular flexibility index (Phi) is 4.29. The van der Waals surface area contributed by atoms with Crippen LogP contribution < -0.4 is 11.4 Å².